The third-order valence-corrected chi connectivity index (χ3v) is 10.1. The average molecular weight is 654 g/mol. The fourth-order valence-electron chi connectivity index (χ4n) is 7.42. The molecule has 2 saturated heterocycles. The van der Waals surface area contributed by atoms with Gasteiger partial charge >= 0.3 is 5.97 Å². The first-order valence-electron chi connectivity index (χ1n) is 17.4. The van der Waals surface area contributed by atoms with Crippen LogP contribution in [0.3, 0.4) is 0 Å². The molecule has 2 rings (SSSR count). The second-order valence-electron chi connectivity index (χ2n) is 15.2. The third kappa shape index (κ3) is 10.5. The van der Waals surface area contributed by atoms with Crippen LogP contribution >= 0.6 is 0 Å². The summed E-state index contributed by atoms with van der Waals surface area (Å²) < 4.78 is 25.0. The van der Waals surface area contributed by atoms with Gasteiger partial charge in [-0.25, -0.2) is 0 Å². The van der Waals surface area contributed by atoms with Gasteiger partial charge in [0.05, 0.1) is 17.8 Å². The lowest BCUT2D eigenvalue weighted by atomic mass is 9.74. The summed E-state index contributed by atoms with van der Waals surface area (Å²) in [5.74, 6) is -1.50. The highest BCUT2D eigenvalue weighted by Gasteiger charge is 2.51. The smallest absolute Gasteiger partial charge is 0.319 e. The molecule has 0 radical (unpaired) electrons. The number of carbonyl (C=O) groups is 2. The Balaban J connectivity index is 2.45. The summed E-state index contributed by atoms with van der Waals surface area (Å²) in [6.07, 6.45) is 1.21. The standard InChI is InChI=1S/C36H67N3O7/c1-14-16-39(17-15-2)22-24(3)18-28-23-44-34(42)35(7,8)31(41)27(6)32(36(9,43-13)20-25(4)21-38(28)12)46-33-30(40)29(37(10)11)19-26(5)45-33/h25-30,32-33,40H,3,14-23H2,1-2,4-13H3/t25-,26-,27+,28-,29+,30-,32-,33+,36-/m1/s1. The van der Waals surface area contributed by atoms with E-state index in [1.54, 1.807) is 27.9 Å². The number of hydrogen-bond donors (Lipinski definition) is 1. The molecule has 0 aromatic rings. The second kappa shape index (κ2) is 17.8. The van der Waals surface area contributed by atoms with Crippen LogP contribution in [0.5, 0.6) is 0 Å². The molecule has 2 heterocycles. The molecule has 2 aliphatic heterocycles. The lowest BCUT2D eigenvalue weighted by Crippen LogP contribution is -2.59. The monoisotopic (exact) mass is 653 g/mol. The normalized spacial score (nSPS) is 35.4. The summed E-state index contributed by atoms with van der Waals surface area (Å²) >= 11 is 0. The first kappa shape index (κ1) is 40.8. The van der Waals surface area contributed by atoms with Gasteiger partial charge in [0.25, 0.3) is 0 Å². The molecule has 0 bridgehead atoms. The maximum atomic E-state index is 14.2. The highest BCUT2D eigenvalue weighted by Crippen LogP contribution is 2.38. The van der Waals surface area contributed by atoms with Crippen molar-refractivity contribution in [2.45, 2.75) is 130 Å². The lowest BCUT2D eigenvalue weighted by molar-refractivity contribution is -0.295. The fraction of sp³-hybridized carbons (Fsp3) is 0.889. The Morgan fingerprint density at radius 2 is 1.72 bits per heavy atom. The molecular formula is C36H67N3O7. The zero-order valence-corrected chi connectivity index (χ0v) is 31.1. The summed E-state index contributed by atoms with van der Waals surface area (Å²) in [5.41, 5.74) is -1.26. The minimum atomic E-state index is -1.43. The number of ketones is 1. The fourth-order valence-corrected chi connectivity index (χ4v) is 7.42. The SMILES string of the molecule is C=C(C[C@@H]1COC(=O)C(C)(C)C(=O)[C@H](C)[C@@H](O[C@@H]2O[C@H](C)C[C@H](N(C)C)[C@H]2O)[C@](C)(OC)C[C@@H](C)CN1C)CN(CCC)CCC. The number of Topliss-reactive ketones (excluding diaryl/α,β-unsaturated/α-hetero) is 1. The van der Waals surface area contributed by atoms with Gasteiger partial charge in [-0.3, -0.25) is 19.4 Å². The van der Waals surface area contributed by atoms with Crippen LogP contribution in [0.2, 0.25) is 0 Å². The van der Waals surface area contributed by atoms with Crippen molar-refractivity contribution < 1.29 is 33.6 Å². The van der Waals surface area contributed by atoms with Crippen LogP contribution in [0.15, 0.2) is 12.2 Å². The summed E-state index contributed by atoms with van der Waals surface area (Å²) in [6, 6.07) is -0.269. The molecular weight excluding hydrogens is 586 g/mol. The summed E-state index contributed by atoms with van der Waals surface area (Å²) in [5, 5.41) is 11.3. The molecule has 9 atom stereocenters. The largest absolute Gasteiger partial charge is 0.463 e. The zero-order chi connectivity index (χ0) is 35.0. The van der Waals surface area contributed by atoms with Gasteiger partial charge in [-0.2, -0.15) is 0 Å². The molecule has 1 N–H and O–H groups in total. The molecule has 46 heavy (non-hydrogen) atoms. The van der Waals surface area contributed by atoms with E-state index in [2.05, 4.69) is 44.2 Å². The Bertz CT molecular complexity index is 985. The molecule has 2 fully saturated rings. The zero-order valence-electron chi connectivity index (χ0n) is 31.1. The van der Waals surface area contributed by atoms with Crippen LogP contribution in [-0.2, 0) is 28.5 Å². The molecule has 2 aliphatic rings. The molecule has 268 valence electrons. The average Bonchev–Trinajstić information content (AvgIpc) is 2.97. The Kier molecular flexibility index (Phi) is 15.8. The van der Waals surface area contributed by atoms with Gasteiger partial charge in [-0.1, -0.05) is 39.8 Å². The highest BCUT2D eigenvalue weighted by atomic mass is 16.7. The van der Waals surface area contributed by atoms with Crippen molar-refractivity contribution in [3.63, 3.8) is 0 Å². The molecule has 0 spiro atoms. The van der Waals surface area contributed by atoms with Gasteiger partial charge in [0.1, 0.15) is 18.1 Å². The van der Waals surface area contributed by atoms with Crippen LogP contribution in [-0.4, -0.2) is 135 Å². The maximum absolute atomic E-state index is 14.2. The van der Waals surface area contributed by atoms with Gasteiger partial charge in [0.15, 0.2) is 12.1 Å². The molecule has 0 amide bonds. The van der Waals surface area contributed by atoms with Crippen molar-refractivity contribution in [2.24, 2.45) is 17.3 Å². The van der Waals surface area contributed by atoms with Crippen molar-refractivity contribution in [2.75, 3.05) is 61.0 Å². The van der Waals surface area contributed by atoms with Gasteiger partial charge < -0.3 is 29.0 Å². The number of nitrogens with zero attached hydrogens (tertiary/aromatic N) is 3. The van der Waals surface area contributed by atoms with Crippen LogP contribution in [0.25, 0.3) is 0 Å². The number of cyclic esters (lactones) is 1. The molecule has 0 aromatic heterocycles. The van der Waals surface area contributed by atoms with Crippen LogP contribution in [0.4, 0.5) is 0 Å². The summed E-state index contributed by atoms with van der Waals surface area (Å²) in [6.45, 7) is 23.6. The topological polar surface area (TPSA) is 101 Å². The van der Waals surface area contributed by atoms with Crippen LogP contribution < -0.4 is 0 Å². The number of carbonyl (C=O) groups excluding carboxylic acids is 2. The maximum Gasteiger partial charge on any atom is 0.319 e. The van der Waals surface area contributed by atoms with Gasteiger partial charge in [-0.15, -0.1) is 0 Å². The number of esters is 1. The quantitative estimate of drug-likeness (QED) is 0.186. The molecule has 0 saturated carbocycles. The Morgan fingerprint density at radius 3 is 2.26 bits per heavy atom. The molecule has 0 aromatic carbocycles. The Hall–Kier alpha value is -1.40. The predicted molar refractivity (Wildman–Crippen MR) is 183 cm³/mol. The molecule has 10 heteroatoms. The van der Waals surface area contributed by atoms with E-state index in [4.69, 9.17) is 18.9 Å². The van der Waals surface area contributed by atoms with Crippen molar-refractivity contribution in [1.82, 2.24) is 14.7 Å². The van der Waals surface area contributed by atoms with E-state index in [1.807, 2.05) is 32.8 Å². The number of methoxy groups -OCH3 is 1. The minimum Gasteiger partial charge on any atom is -0.463 e. The number of hydrogen-bond acceptors (Lipinski definition) is 10. The molecule has 10 nitrogen and oxygen atoms in total. The highest BCUT2D eigenvalue weighted by molar-refractivity contribution is 6.04. The number of rotatable bonds is 12. The van der Waals surface area contributed by atoms with E-state index in [1.165, 1.54) is 0 Å². The van der Waals surface area contributed by atoms with Crippen molar-refractivity contribution in [3.05, 3.63) is 12.2 Å². The molecule has 0 aliphatic carbocycles. The van der Waals surface area contributed by atoms with Crippen LogP contribution in [0.1, 0.15) is 87.5 Å². The van der Waals surface area contributed by atoms with E-state index < -0.39 is 41.4 Å². The summed E-state index contributed by atoms with van der Waals surface area (Å²) in [4.78, 5) is 34.5. The van der Waals surface area contributed by atoms with E-state index in [-0.39, 0.29) is 36.5 Å². The van der Waals surface area contributed by atoms with E-state index >= 15 is 0 Å². The summed E-state index contributed by atoms with van der Waals surface area (Å²) in [7, 11) is 7.54. The number of aliphatic hydroxyl groups excluding tert-OH is 1. The van der Waals surface area contributed by atoms with E-state index in [0.29, 0.717) is 25.8 Å². The Labute approximate surface area is 280 Å². The first-order chi connectivity index (χ1) is 21.4. The van der Waals surface area contributed by atoms with E-state index in [9.17, 15) is 14.7 Å². The van der Waals surface area contributed by atoms with Crippen LogP contribution in [0, 0.1) is 17.3 Å². The third-order valence-electron chi connectivity index (χ3n) is 10.1. The van der Waals surface area contributed by atoms with Gasteiger partial charge in [0, 0.05) is 38.2 Å². The molecule has 0 unspecified atom stereocenters. The minimum absolute atomic E-state index is 0.0934. The Morgan fingerprint density at radius 1 is 1.11 bits per heavy atom. The predicted octanol–water partition coefficient (Wildman–Crippen LogP) is 4.39. The van der Waals surface area contributed by atoms with Crippen molar-refractivity contribution in [1.29, 1.82) is 0 Å². The first-order valence-corrected chi connectivity index (χ1v) is 17.4. The van der Waals surface area contributed by atoms with Crippen molar-refractivity contribution >= 4 is 11.8 Å². The number of likely N-dealkylation sites (N-methyl/N-ethyl adjacent to an activating group) is 2. The second-order valence-corrected chi connectivity index (χ2v) is 15.2. The number of aliphatic hydroxyl groups is 1. The van der Waals surface area contributed by atoms with Gasteiger partial charge in [0.2, 0.25) is 0 Å². The number of ether oxygens (including phenoxy) is 4. The van der Waals surface area contributed by atoms with Crippen molar-refractivity contribution in [3.8, 4) is 0 Å². The van der Waals surface area contributed by atoms with E-state index in [0.717, 1.165) is 38.0 Å². The van der Waals surface area contributed by atoms with Gasteiger partial charge in [-0.05, 0) is 99.9 Å². The lowest BCUT2D eigenvalue weighted by Gasteiger charge is -2.47.